The maximum Gasteiger partial charge on any atom is 0.307 e. The Balaban J connectivity index is 3.74. The number of methoxy groups -OCH3 is 1. The Morgan fingerprint density at radius 2 is 2.00 bits per heavy atom. The Hall–Kier alpha value is -0.710. The first-order chi connectivity index (χ1) is 6.97. The second-order valence-corrected chi connectivity index (χ2v) is 5.07. The minimum atomic E-state index is -0.286. The van der Waals surface area contributed by atoms with Crippen LogP contribution in [0.3, 0.4) is 0 Å². The van der Waals surface area contributed by atoms with E-state index in [0.717, 1.165) is 0 Å². The summed E-state index contributed by atoms with van der Waals surface area (Å²) >= 11 is 1.60. The summed E-state index contributed by atoms with van der Waals surface area (Å²) in [6.07, 6.45) is 0.255. The van der Waals surface area contributed by atoms with Gasteiger partial charge in [0.25, 0.3) is 0 Å². The average Bonchev–Trinajstić information content (AvgIpc) is 2.21. The Morgan fingerprint density at radius 1 is 1.40 bits per heavy atom. The summed E-state index contributed by atoms with van der Waals surface area (Å²) in [6.45, 7) is 4.52. The first kappa shape index (κ1) is 14.3. The fourth-order valence-electron chi connectivity index (χ4n) is 0.834. The van der Waals surface area contributed by atoms with Crippen molar-refractivity contribution in [3.05, 3.63) is 0 Å². The second-order valence-electron chi connectivity index (χ2n) is 3.50. The van der Waals surface area contributed by atoms with Crippen LogP contribution in [0.1, 0.15) is 20.3 Å². The molecule has 0 aromatic heterocycles. The fourth-order valence-corrected chi connectivity index (χ4v) is 1.53. The number of rotatable bonds is 6. The molecule has 0 atom stereocenters. The summed E-state index contributed by atoms with van der Waals surface area (Å²) < 4.78 is 4.50. The van der Waals surface area contributed by atoms with Crippen LogP contribution in [0.25, 0.3) is 0 Å². The highest BCUT2D eigenvalue weighted by molar-refractivity contribution is 8.00. The highest BCUT2D eigenvalue weighted by atomic mass is 32.2. The molecule has 0 fully saturated rings. The van der Waals surface area contributed by atoms with E-state index in [1.54, 1.807) is 23.7 Å². The zero-order chi connectivity index (χ0) is 11.8. The van der Waals surface area contributed by atoms with E-state index in [-0.39, 0.29) is 18.3 Å². The van der Waals surface area contributed by atoms with E-state index in [9.17, 15) is 9.59 Å². The number of carbonyl (C=O) groups excluding carboxylic acids is 2. The van der Waals surface area contributed by atoms with Crippen LogP contribution in [0.5, 0.6) is 0 Å². The lowest BCUT2D eigenvalue weighted by Gasteiger charge is -2.16. The van der Waals surface area contributed by atoms with Crippen molar-refractivity contribution in [2.45, 2.75) is 25.5 Å². The molecule has 0 aromatic rings. The molecule has 0 bridgehead atoms. The summed E-state index contributed by atoms with van der Waals surface area (Å²) in [6, 6.07) is 0. The van der Waals surface area contributed by atoms with Crippen LogP contribution in [0, 0.1) is 0 Å². The third-order valence-corrected chi connectivity index (χ3v) is 2.93. The van der Waals surface area contributed by atoms with E-state index in [1.165, 1.54) is 7.11 Å². The van der Waals surface area contributed by atoms with Gasteiger partial charge in [-0.25, -0.2) is 0 Å². The summed E-state index contributed by atoms with van der Waals surface area (Å²) in [5.41, 5.74) is 0. The number of amides is 1. The van der Waals surface area contributed by atoms with Crippen molar-refractivity contribution >= 4 is 23.6 Å². The van der Waals surface area contributed by atoms with Crippen molar-refractivity contribution in [2.75, 3.05) is 26.5 Å². The molecule has 0 rings (SSSR count). The van der Waals surface area contributed by atoms with Crippen molar-refractivity contribution < 1.29 is 14.3 Å². The molecule has 0 N–H and O–H groups in total. The fraction of sp³-hybridized carbons (Fsp3) is 0.800. The van der Waals surface area contributed by atoms with Crippen LogP contribution in [0.4, 0.5) is 0 Å². The summed E-state index contributed by atoms with van der Waals surface area (Å²) in [7, 11) is 3.05. The van der Waals surface area contributed by atoms with Gasteiger partial charge >= 0.3 is 5.97 Å². The molecular formula is C10H19NO3S. The number of thioether (sulfide) groups is 1. The zero-order valence-electron chi connectivity index (χ0n) is 9.78. The molecule has 0 spiro atoms. The predicted molar refractivity (Wildman–Crippen MR) is 61.9 cm³/mol. The highest BCUT2D eigenvalue weighted by Gasteiger charge is 2.11. The number of hydrogen-bond acceptors (Lipinski definition) is 4. The van der Waals surface area contributed by atoms with E-state index in [4.69, 9.17) is 0 Å². The van der Waals surface area contributed by atoms with Crippen molar-refractivity contribution in [3.63, 3.8) is 0 Å². The molecular weight excluding hydrogens is 214 g/mol. The second kappa shape index (κ2) is 7.56. The van der Waals surface area contributed by atoms with Crippen molar-refractivity contribution in [3.8, 4) is 0 Å². The zero-order valence-corrected chi connectivity index (χ0v) is 10.6. The minimum Gasteiger partial charge on any atom is -0.469 e. The largest absolute Gasteiger partial charge is 0.469 e. The summed E-state index contributed by atoms with van der Waals surface area (Å²) in [5, 5.41) is 0.447. The van der Waals surface area contributed by atoms with Crippen molar-refractivity contribution in [1.29, 1.82) is 0 Å². The van der Waals surface area contributed by atoms with Gasteiger partial charge in [0, 0.05) is 13.6 Å². The highest BCUT2D eigenvalue weighted by Crippen LogP contribution is 2.09. The van der Waals surface area contributed by atoms with E-state index < -0.39 is 0 Å². The van der Waals surface area contributed by atoms with Crippen molar-refractivity contribution in [1.82, 2.24) is 4.90 Å². The van der Waals surface area contributed by atoms with Gasteiger partial charge in [0.15, 0.2) is 0 Å². The Bertz CT molecular complexity index is 219. The Kier molecular flexibility index (Phi) is 7.21. The molecule has 15 heavy (non-hydrogen) atoms. The maximum absolute atomic E-state index is 11.5. The van der Waals surface area contributed by atoms with E-state index in [2.05, 4.69) is 4.74 Å². The monoisotopic (exact) mass is 233 g/mol. The normalized spacial score (nSPS) is 10.2. The minimum absolute atomic E-state index is 0.0533. The predicted octanol–water partition coefficient (Wildman–Crippen LogP) is 1.15. The van der Waals surface area contributed by atoms with Crippen LogP contribution < -0.4 is 0 Å². The molecule has 0 aliphatic rings. The van der Waals surface area contributed by atoms with Gasteiger partial charge in [-0.1, -0.05) is 13.8 Å². The molecule has 0 saturated carbocycles. The SMILES string of the molecule is COC(=O)CCN(C)C(=O)CSC(C)C. The van der Waals surface area contributed by atoms with Gasteiger partial charge in [-0.15, -0.1) is 11.8 Å². The van der Waals surface area contributed by atoms with Crippen molar-refractivity contribution in [2.24, 2.45) is 0 Å². The third-order valence-electron chi connectivity index (χ3n) is 1.84. The molecule has 0 radical (unpaired) electrons. The lowest BCUT2D eigenvalue weighted by atomic mass is 10.4. The van der Waals surface area contributed by atoms with Gasteiger partial charge in [-0.05, 0) is 5.25 Å². The van der Waals surface area contributed by atoms with E-state index in [1.807, 2.05) is 13.8 Å². The average molecular weight is 233 g/mol. The lowest BCUT2D eigenvalue weighted by molar-refractivity contribution is -0.141. The summed E-state index contributed by atoms with van der Waals surface area (Å²) in [5.74, 6) is 0.235. The number of esters is 1. The topological polar surface area (TPSA) is 46.6 Å². The van der Waals surface area contributed by atoms with Crippen LogP contribution in [-0.2, 0) is 14.3 Å². The van der Waals surface area contributed by atoms with Gasteiger partial charge in [-0.3, -0.25) is 9.59 Å². The van der Waals surface area contributed by atoms with Gasteiger partial charge in [0.2, 0.25) is 5.91 Å². The smallest absolute Gasteiger partial charge is 0.307 e. The van der Waals surface area contributed by atoms with E-state index >= 15 is 0 Å². The van der Waals surface area contributed by atoms with Gasteiger partial charge < -0.3 is 9.64 Å². The summed E-state index contributed by atoms with van der Waals surface area (Å²) in [4.78, 5) is 23.9. The van der Waals surface area contributed by atoms with Gasteiger partial charge in [0.1, 0.15) is 0 Å². The molecule has 0 aliphatic carbocycles. The Morgan fingerprint density at radius 3 is 2.47 bits per heavy atom. The quantitative estimate of drug-likeness (QED) is 0.646. The first-order valence-corrected chi connectivity index (χ1v) is 5.94. The molecule has 0 unspecified atom stereocenters. The molecule has 0 aromatic carbocycles. The number of nitrogens with zero attached hydrogens (tertiary/aromatic N) is 1. The van der Waals surface area contributed by atoms with E-state index in [0.29, 0.717) is 17.5 Å². The van der Waals surface area contributed by atoms with Gasteiger partial charge in [-0.2, -0.15) is 0 Å². The maximum atomic E-state index is 11.5. The standard InChI is InChI=1S/C10H19NO3S/c1-8(2)15-7-9(12)11(3)6-5-10(13)14-4/h8H,5-7H2,1-4H3. The van der Waals surface area contributed by atoms with Crippen LogP contribution in [0.15, 0.2) is 0 Å². The molecule has 0 saturated heterocycles. The third kappa shape index (κ3) is 7.25. The molecule has 4 nitrogen and oxygen atoms in total. The van der Waals surface area contributed by atoms with Crippen LogP contribution in [-0.4, -0.2) is 48.5 Å². The lowest BCUT2D eigenvalue weighted by Crippen LogP contribution is -2.31. The van der Waals surface area contributed by atoms with Gasteiger partial charge in [0.05, 0.1) is 19.3 Å². The Labute approximate surface area is 95.3 Å². The molecule has 0 aliphatic heterocycles. The molecule has 88 valence electrons. The first-order valence-electron chi connectivity index (χ1n) is 4.89. The molecule has 5 heteroatoms. The number of ether oxygens (including phenoxy) is 1. The van der Waals surface area contributed by atoms with Crippen LogP contribution in [0.2, 0.25) is 0 Å². The number of hydrogen-bond donors (Lipinski definition) is 0. The van der Waals surface area contributed by atoms with Crippen LogP contribution >= 0.6 is 11.8 Å². The number of carbonyl (C=O) groups is 2. The molecule has 1 amide bonds. The molecule has 0 heterocycles.